The van der Waals surface area contributed by atoms with E-state index < -0.39 is 5.60 Å². The third kappa shape index (κ3) is 2.95. The van der Waals surface area contributed by atoms with Gasteiger partial charge in [0.05, 0.1) is 11.8 Å². The Morgan fingerprint density at radius 1 is 1.31 bits per heavy atom. The van der Waals surface area contributed by atoms with Gasteiger partial charge in [0.25, 0.3) is 0 Å². The SMILES string of the molecule is Cc1ccc(OCC2(O)CCCCC2)cn1. The summed E-state index contributed by atoms with van der Waals surface area (Å²) in [5, 5.41) is 10.2. The van der Waals surface area contributed by atoms with E-state index in [1.165, 1.54) is 6.42 Å². The summed E-state index contributed by atoms with van der Waals surface area (Å²) >= 11 is 0. The summed E-state index contributed by atoms with van der Waals surface area (Å²) in [4.78, 5) is 4.16. The molecule has 1 aromatic rings. The lowest BCUT2D eigenvalue weighted by atomic mass is 9.86. The fraction of sp³-hybridized carbons (Fsp3) is 0.615. The molecule has 0 radical (unpaired) electrons. The molecule has 0 aliphatic heterocycles. The number of hydrogen-bond acceptors (Lipinski definition) is 3. The van der Waals surface area contributed by atoms with Crippen LogP contribution in [0, 0.1) is 6.92 Å². The zero-order chi connectivity index (χ0) is 11.4. The first kappa shape index (κ1) is 11.4. The Morgan fingerprint density at radius 3 is 2.69 bits per heavy atom. The lowest BCUT2D eigenvalue weighted by Gasteiger charge is -2.31. The van der Waals surface area contributed by atoms with E-state index in [0.717, 1.165) is 37.1 Å². The van der Waals surface area contributed by atoms with Crippen molar-refractivity contribution in [3.8, 4) is 5.75 Å². The Labute approximate surface area is 96.5 Å². The summed E-state index contributed by atoms with van der Waals surface area (Å²) in [6, 6.07) is 3.81. The number of nitrogens with zero attached hydrogens (tertiary/aromatic N) is 1. The molecule has 0 atom stereocenters. The molecule has 0 aromatic carbocycles. The third-order valence-electron chi connectivity index (χ3n) is 3.18. The zero-order valence-corrected chi connectivity index (χ0v) is 9.78. The summed E-state index contributed by atoms with van der Waals surface area (Å²) < 4.78 is 5.59. The van der Waals surface area contributed by atoms with Crippen molar-refractivity contribution in [1.82, 2.24) is 4.98 Å². The van der Waals surface area contributed by atoms with Gasteiger partial charge < -0.3 is 9.84 Å². The van der Waals surface area contributed by atoms with Crippen LogP contribution < -0.4 is 4.74 Å². The van der Waals surface area contributed by atoms with E-state index in [2.05, 4.69) is 4.98 Å². The summed E-state index contributed by atoms with van der Waals surface area (Å²) in [5.74, 6) is 0.740. The molecular formula is C13H19NO2. The van der Waals surface area contributed by atoms with Gasteiger partial charge in [-0.25, -0.2) is 0 Å². The highest BCUT2D eigenvalue weighted by atomic mass is 16.5. The van der Waals surface area contributed by atoms with Gasteiger partial charge in [-0.3, -0.25) is 4.98 Å². The van der Waals surface area contributed by atoms with Crippen LogP contribution >= 0.6 is 0 Å². The van der Waals surface area contributed by atoms with Crippen LogP contribution in [-0.2, 0) is 0 Å². The molecule has 88 valence electrons. The second kappa shape index (κ2) is 4.83. The van der Waals surface area contributed by atoms with E-state index in [1.807, 2.05) is 19.1 Å². The average molecular weight is 221 g/mol. The van der Waals surface area contributed by atoms with E-state index in [4.69, 9.17) is 4.74 Å². The molecule has 1 fully saturated rings. The predicted octanol–water partition coefficient (Wildman–Crippen LogP) is 2.46. The predicted molar refractivity (Wildman–Crippen MR) is 62.5 cm³/mol. The van der Waals surface area contributed by atoms with Crippen molar-refractivity contribution in [2.45, 2.75) is 44.6 Å². The molecule has 1 N–H and O–H groups in total. The molecule has 1 heterocycles. The second-order valence-corrected chi connectivity index (χ2v) is 4.71. The van der Waals surface area contributed by atoms with Gasteiger partial charge in [-0.2, -0.15) is 0 Å². The van der Waals surface area contributed by atoms with E-state index in [9.17, 15) is 5.11 Å². The van der Waals surface area contributed by atoms with Crippen molar-refractivity contribution in [2.75, 3.05) is 6.61 Å². The fourth-order valence-corrected chi connectivity index (χ4v) is 2.11. The number of hydrogen-bond donors (Lipinski definition) is 1. The van der Waals surface area contributed by atoms with E-state index >= 15 is 0 Å². The zero-order valence-electron chi connectivity index (χ0n) is 9.78. The first-order chi connectivity index (χ1) is 7.68. The van der Waals surface area contributed by atoms with Crippen molar-refractivity contribution in [2.24, 2.45) is 0 Å². The largest absolute Gasteiger partial charge is 0.489 e. The summed E-state index contributed by atoms with van der Waals surface area (Å²) in [7, 11) is 0. The fourth-order valence-electron chi connectivity index (χ4n) is 2.11. The average Bonchev–Trinajstić information content (AvgIpc) is 2.29. The van der Waals surface area contributed by atoms with Crippen molar-refractivity contribution >= 4 is 0 Å². The quantitative estimate of drug-likeness (QED) is 0.852. The van der Waals surface area contributed by atoms with Gasteiger partial charge >= 0.3 is 0 Å². The van der Waals surface area contributed by atoms with Crippen molar-refractivity contribution < 1.29 is 9.84 Å². The van der Waals surface area contributed by atoms with Crippen LogP contribution in [0.3, 0.4) is 0 Å². The molecule has 3 nitrogen and oxygen atoms in total. The molecule has 16 heavy (non-hydrogen) atoms. The molecular weight excluding hydrogens is 202 g/mol. The number of aliphatic hydroxyl groups is 1. The molecule has 1 aliphatic carbocycles. The highest BCUT2D eigenvalue weighted by molar-refractivity contribution is 5.19. The van der Waals surface area contributed by atoms with Gasteiger partial charge in [-0.1, -0.05) is 19.3 Å². The highest BCUT2D eigenvalue weighted by Gasteiger charge is 2.29. The Hall–Kier alpha value is -1.09. The Morgan fingerprint density at radius 2 is 2.06 bits per heavy atom. The van der Waals surface area contributed by atoms with Gasteiger partial charge in [0.2, 0.25) is 0 Å². The van der Waals surface area contributed by atoms with Crippen LogP contribution in [0.2, 0.25) is 0 Å². The monoisotopic (exact) mass is 221 g/mol. The Kier molecular flexibility index (Phi) is 3.44. The van der Waals surface area contributed by atoms with Gasteiger partial charge in [-0.15, -0.1) is 0 Å². The summed E-state index contributed by atoms with van der Waals surface area (Å²) in [6.07, 6.45) is 6.85. The molecule has 1 aliphatic rings. The Balaban J connectivity index is 1.88. The van der Waals surface area contributed by atoms with Gasteiger partial charge in [-0.05, 0) is 31.9 Å². The number of aromatic nitrogens is 1. The molecule has 3 heteroatoms. The topological polar surface area (TPSA) is 42.4 Å². The smallest absolute Gasteiger partial charge is 0.137 e. The number of pyridine rings is 1. The maximum atomic E-state index is 10.2. The lowest BCUT2D eigenvalue weighted by molar-refractivity contribution is -0.0339. The number of aryl methyl sites for hydroxylation is 1. The molecule has 1 saturated carbocycles. The van der Waals surface area contributed by atoms with E-state index in [-0.39, 0.29) is 0 Å². The molecule has 0 unspecified atom stereocenters. The molecule has 0 amide bonds. The van der Waals surface area contributed by atoms with E-state index in [0.29, 0.717) is 6.61 Å². The summed E-state index contributed by atoms with van der Waals surface area (Å²) in [5.41, 5.74) is 0.354. The van der Waals surface area contributed by atoms with E-state index in [1.54, 1.807) is 6.20 Å². The number of rotatable bonds is 3. The minimum atomic E-state index is -0.622. The van der Waals surface area contributed by atoms with Gasteiger partial charge in [0, 0.05) is 5.69 Å². The van der Waals surface area contributed by atoms with Crippen molar-refractivity contribution in [1.29, 1.82) is 0 Å². The molecule has 2 rings (SSSR count). The number of ether oxygens (including phenoxy) is 1. The first-order valence-corrected chi connectivity index (χ1v) is 5.96. The lowest BCUT2D eigenvalue weighted by Crippen LogP contribution is -2.37. The Bertz CT molecular complexity index is 328. The normalized spacial score (nSPS) is 19.4. The minimum absolute atomic E-state index is 0.387. The summed E-state index contributed by atoms with van der Waals surface area (Å²) in [6.45, 7) is 2.33. The van der Waals surface area contributed by atoms with Crippen LogP contribution in [0.5, 0.6) is 5.75 Å². The molecule has 0 spiro atoms. The second-order valence-electron chi connectivity index (χ2n) is 4.71. The molecule has 0 bridgehead atoms. The van der Waals surface area contributed by atoms with Crippen LogP contribution in [0.4, 0.5) is 0 Å². The van der Waals surface area contributed by atoms with Crippen molar-refractivity contribution in [3.63, 3.8) is 0 Å². The molecule has 1 aromatic heterocycles. The maximum absolute atomic E-state index is 10.2. The van der Waals surface area contributed by atoms with Gasteiger partial charge in [0.1, 0.15) is 12.4 Å². The maximum Gasteiger partial charge on any atom is 0.137 e. The third-order valence-corrected chi connectivity index (χ3v) is 3.18. The van der Waals surface area contributed by atoms with Crippen molar-refractivity contribution in [3.05, 3.63) is 24.0 Å². The van der Waals surface area contributed by atoms with Crippen LogP contribution in [-0.4, -0.2) is 22.3 Å². The first-order valence-electron chi connectivity index (χ1n) is 5.96. The highest BCUT2D eigenvalue weighted by Crippen LogP contribution is 2.28. The van der Waals surface area contributed by atoms with Gasteiger partial charge in [0.15, 0.2) is 0 Å². The molecule has 0 saturated heterocycles. The minimum Gasteiger partial charge on any atom is -0.489 e. The van der Waals surface area contributed by atoms with Crippen LogP contribution in [0.1, 0.15) is 37.8 Å². The standard InChI is InChI=1S/C13H19NO2/c1-11-5-6-12(9-14-11)16-10-13(15)7-3-2-4-8-13/h5-6,9,15H,2-4,7-8,10H2,1H3. The van der Waals surface area contributed by atoms with Crippen LogP contribution in [0.15, 0.2) is 18.3 Å². The van der Waals surface area contributed by atoms with Crippen LogP contribution in [0.25, 0.3) is 0 Å².